The number of anilines is 1. The zero-order valence-electron chi connectivity index (χ0n) is 9.57. The lowest BCUT2D eigenvalue weighted by Gasteiger charge is -2.22. The van der Waals surface area contributed by atoms with Gasteiger partial charge in [-0.3, -0.25) is 4.79 Å². The molecule has 5 heteroatoms. The highest BCUT2D eigenvalue weighted by molar-refractivity contribution is 9.10. The number of hydrogen-bond acceptors (Lipinski definition) is 3. The maximum atomic E-state index is 10.8. The van der Waals surface area contributed by atoms with Gasteiger partial charge in [0.25, 0.3) is 0 Å². The largest absolute Gasteiger partial charge is 0.481 e. The first-order valence-electron chi connectivity index (χ1n) is 4.98. The molecule has 0 bridgehead atoms. The van der Waals surface area contributed by atoms with E-state index in [1.54, 1.807) is 13.1 Å². The number of nitrogens with zero attached hydrogens (tertiary/aromatic N) is 2. The fraction of sp³-hybridized carbons (Fsp3) is 0.455. The molecule has 1 unspecified atom stereocenters. The van der Waals surface area contributed by atoms with Crippen LogP contribution in [-0.2, 0) is 4.79 Å². The molecule has 1 N–H and O–H groups in total. The van der Waals surface area contributed by atoms with Crippen LogP contribution in [0.1, 0.15) is 12.5 Å². The molecular formula is C11H15BrN2O2. The number of carboxylic acid groups (broad SMARTS) is 1. The Kier molecular flexibility index (Phi) is 4.29. The van der Waals surface area contributed by atoms with Crippen LogP contribution in [0.15, 0.2) is 16.7 Å². The molecule has 0 amide bonds. The number of carbonyl (C=O) groups is 1. The molecule has 4 nitrogen and oxygen atoms in total. The lowest BCUT2D eigenvalue weighted by atomic mass is 10.1. The molecule has 88 valence electrons. The third kappa shape index (κ3) is 3.20. The number of aromatic nitrogens is 1. The molecule has 1 atom stereocenters. The van der Waals surface area contributed by atoms with Crippen molar-refractivity contribution in [3.8, 4) is 0 Å². The Morgan fingerprint density at radius 1 is 1.69 bits per heavy atom. The number of aliphatic carboxylic acids is 1. The number of hydrogen-bond donors (Lipinski definition) is 1. The van der Waals surface area contributed by atoms with E-state index in [0.29, 0.717) is 6.54 Å². The summed E-state index contributed by atoms with van der Waals surface area (Å²) in [5.41, 5.74) is 1.02. The number of rotatable bonds is 4. The summed E-state index contributed by atoms with van der Waals surface area (Å²) in [4.78, 5) is 16.9. The molecule has 0 fully saturated rings. The number of halogens is 1. The van der Waals surface area contributed by atoms with Crippen LogP contribution in [0.25, 0.3) is 0 Å². The second-order valence-corrected chi connectivity index (χ2v) is 4.83. The molecular weight excluding hydrogens is 272 g/mol. The highest BCUT2D eigenvalue weighted by Crippen LogP contribution is 2.20. The first-order chi connectivity index (χ1) is 7.41. The molecule has 0 aromatic carbocycles. The molecule has 1 heterocycles. The van der Waals surface area contributed by atoms with Crippen LogP contribution in [0.3, 0.4) is 0 Å². The predicted octanol–water partition coefficient (Wildman–Crippen LogP) is 2.31. The van der Waals surface area contributed by atoms with Crippen LogP contribution in [0.2, 0.25) is 0 Å². The number of carboxylic acids is 1. The van der Waals surface area contributed by atoms with Crippen LogP contribution in [0, 0.1) is 12.8 Å². The third-order valence-electron chi connectivity index (χ3n) is 2.35. The van der Waals surface area contributed by atoms with Crippen molar-refractivity contribution >= 4 is 27.7 Å². The Hall–Kier alpha value is -1.10. The van der Waals surface area contributed by atoms with Gasteiger partial charge in [0, 0.05) is 24.3 Å². The van der Waals surface area contributed by atoms with Gasteiger partial charge in [-0.15, -0.1) is 0 Å². The van der Waals surface area contributed by atoms with Crippen molar-refractivity contribution in [2.75, 3.05) is 18.5 Å². The minimum Gasteiger partial charge on any atom is -0.481 e. The topological polar surface area (TPSA) is 53.4 Å². The van der Waals surface area contributed by atoms with Crippen LogP contribution in [-0.4, -0.2) is 29.7 Å². The Balaban J connectivity index is 2.80. The zero-order valence-corrected chi connectivity index (χ0v) is 11.2. The fourth-order valence-electron chi connectivity index (χ4n) is 1.51. The van der Waals surface area contributed by atoms with E-state index in [1.165, 1.54) is 0 Å². The van der Waals surface area contributed by atoms with Gasteiger partial charge in [-0.1, -0.05) is 6.92 Å². The van der Waals surface area contributed by atoms with Crippen molar-refractivity contribution in [2.24, 2.45) is 5.92 Å². The van der Waals surface area contributed by atoms with Gasteiger partial charge in [-0.05, 0) is 34.5 Å². The summed E-state index contributed by atoms with van der Waals surface area (Å²) in [6.45, 7) is 4.09. The number of aryl methyl sites for hydroxylation is 1. The molecule has 0 spiro atoms. The standard InChI is InChI=1S/C11H15BrN2O2/c1-7-4-9(12)5-13-10(7)14(3)6-8(2)11(15)16/h4-5,8H,6H2,1-3H3,(H,15,16). The van der Waals surface area contributed by atoms with Crippen LogP contribution in [0.4, 0.5) is 5.82 Å². The van der Waals surface area contributed by atoms with E-state index in [0.717, 1.165) is 15.9 Å². The highest BCUT2D eigenvalue weighted by atomic mass is 79.9. The maximum Gasteiger partial charge on any atom is 0.308 e. The van der Waals surface area contributed by atoms with E-state index in [-0.39, 0.29) is 0 Å². The molecule has 16 heavy (non-hydrogen) atoms. The lowest BCUT2D eigenvalue weighted by molar-refractivity contribution is -0.140. The average Bonchev–Trinajstić information content (AvgIpc) is 2.16. The highest BCUT2D eigenvalue weighted by Gasteiger charge is 2.15. The Morgan fingerprint density at radius 2 is 2.31 bits per heavy atom. The second-order valence-electron chi connectivity index (χ2n) is 3.91. The number of pyridine rings is 1. The monoisotopic (exact) mass is 286 g/mol. The van der Waals surface area contributed by atoms with E-state index in [2.05, 4.69) is 20.9 Å². The Bertz CT molecular complexity index is 396. The van der Waals surface area contributed by atoms with E-state index < -0.39 is 11.9 Å². The van der Waals surface area contributed by atoms with Crippen molar-refractivity contribution in [1.29, 1.82) is 0 Å². The van der Waals surface area contributed by atoms with Gasteiger partial charge in [0.1, 0.15) is 5.82 Å². The summed E-state index contributed by atoms with van der Waals surface area (Å²) in [6.07, 6.45) is 1.71. The van der Waals surface area contributed by atoms with Crippen molar-refractivity contribution in [2.45, 2.75) is 13.8 Å². The summed E-state index contributed by atoms with van der Waals surface area (Å²) >= 11 is 3.34. The summed E-state index contributed by atoms with van der Waals surface area (Å²) in [7, 11) is 1.85. The van der Waals surface area contributed by atoms with Crippen LogP contribution < -0.4 is 4.90 Å². The summed E-state index contributed by atoms with van der Waals surface area (Å²) < 4.78 is 0.924. The van der Waals surface area contributed by atoms with Crippen molar-refractivity contribution in [1.82, 2.24) is 4.98 Å². The summed E-state index contributed by atoms with van der Waals surface area (Å²) in [5.74, 6) is -0.382. The minimum atomic E-state index is -0.790. The Morgan fingerprint density at radius 3 is 2.81 bits per heavy atom. The van der Waals surface area contributed by atoms with Gasteiger partial charge in [-0.25, -0.2) is 4.98 Å². The van der Waals surface area contributed by atoms with E-state index >= 15 is 0 Å². The first-order valence-corrected chi connectivity index (χ1v) is 5.77. The SMILES string of the molecule is Cc1cc(Br)cnc1N(C)CC(C)C(=O)O. The fourth-order valence-corrected chi connectivity index (χ4v) is 1.95. The second kappa shape index (κ2) is 5.30. The van der Waals surface area contributed by atoms with Crippen LogP contribution in [0.5, 0.6) is 0 Å². The first kappa shape index (κ1) is 13.0. The quantitative estimate of drug-likeness (QED) is 0.923. The molecule has 1 aromatic heterocycles. The summed E-state index contributed by atoms with van der Waals surface area (Å²) in [6, 6.07) is 1.96. The van der Waals surface area contributed by atoms with E-state index in [1.807, 2.05) is 24.9 Å². The van der Waals surface area contributed by atoms with Gasteiger partial charge in [0.15, 0.2) is 0 Å². The third-order valence-corrected chi connectivity index (χ3v) is 2.78. The van der Waals surface area contributed by atoms with Gasteiger partial charge in [0.05, 0.1) is 5.92 Å². The average molecular weight is 287 g/mol. The van der Waals surface area contributed by atoms with Gasteiger partial charge in [0.2, 0.25) is 0 Å². The normalized spacial score (nSPS) is 12.2. The van der Waals surface area contributed by atoms with Crippen LogP contribution >= 0.6 is 15.9 Å². The molecule has 0 saturated heterocycles. The Labute approximate surface area is 103 Å². The van der Waals surface area contributed by atoms with Gasteiger partial charge in [-0.2, -0.15) is 0 Å². The van der Waals surface area contributed by atoms with E-state index in [9.17, 15) is 4.79 Å². The molecule has 0 aliphatic carbocycles. The van der Waals surface area contributed by atoms with Crippen molar-refractivity contribution in [3.05, 3.63) is 22.3 Å². The molecule has 0 radical (unpaired) electrons. The molecule has 1 rings (SSSR count). The lowest BCUT2D eigenvalue weighted by Crippen LogP contribution is -2.29. The predicted molar refractivity (Wildman–Crippen MR) is 66.7 cm³/mol. The molecule has 0 saturated carbocycles. The van der Waals surface area contributed by atoms with Gasteiger partial charge >= 0.3 is 5.97 Å². The van der Waals surface area contributed by atoms with Crippen molar-refractivity contribution < 1.29 is 9.90 Å². The van der Waals surface area contributed by atoms with E-state index in [4.69, 9.17) is 5.11 Å². The molecule has 0 aliphatic rings. The smallest absolute Gasteiger partial charge is 0.308 e. The molecule has 1 aromatic rings. The summed E-state index contributed by atoms with van der Waals surface area (Å²) in [5, 5.41) is 8.84. The minimum absolute atomic E-state index is 0.408. The molecule has 0 aliphatic heterocycles. The zero-order chi connectivity index (χ0) is 12.3. The van der Waals surface area contributed by atoms with Gasteiger partial charge < -0.3 is 10.0 Å². The maximum absolute atomic E-state index is 10.8. The van der Waals surface area contributed by atoms with Crippen molar-refractivity contribution in [3.63, 3.8) is 0 Å².